The minimum Gasteiger partial charge on any atom is -0.458 e. The third-order valence-electron chi connectivity index (χ3n) is 3.25. The lowest BCUT2D eigenvalue weighted by atomic mass is 10.0. The Morgan fingerprint density at radius 2 is 1.90 bits per heavy atom. The molecule has 2 nitrogen and oxygen atoms in total. The van der Waals surface area contributed by atoms with Crippen LogP contribution in [-0.4, -0.2) is 0 Å². The molecule has 0 aliphatic heterocycles. The maximum Gasteiger partial charge on any atom is 0.148 e. The fourth-order valence-electron chi connectivity index (χ4n) is 2.21. The van der Waals surface area contributed by atoms with Gasteiger partial charge in [0.1, 0.15) is 11.3 Å². The van der Waals surface area contributed by atoms with Crippen molar-refractivity contribution in [2.45, 2.75) is 12.5 Å². The molecule has 20 heavy (non-hydrogen) atoms. The van der Waals surface area contributed by atoms with Gasteiger partial charge in [-0.15, -0.1) is 0 Å². The smallest absolute Gasteiger partial charge is 0.148 e. The minimum absolute atomic E-state index is 0.130. The Morgan fingerprint density at radius 3 is 2.60 bits per heavy atom. The van der Waals surface area contributed by atoms with E-state index in [4.69, 9.17) is 10.2 Å². The summed E-state index contributed by atoms with van der Waals surface area (Å²) in [5.41, 5.74) is 8.35. The summed E-state index contributed by atoms with van der Waals surface area (Å²) < 4.78 is 8.07. The lowest BCUT2D eigenvalue weighted by Crippen LogP contribution is -2.12. The van der Waals surface area contributed by atoms with Gasteiger partial charge in [-0.25, -0.2) is 0 Å². The maximum absolute atomic E-state index is 6.27. The van der Waals surface area contributed by atoms with E-state index in [0.717, 1.165) is 27.6 Å². The molecule has 1 aromatic heterocycles. The summed E-state index contributed by atoms with van der Waals surface area (Å²) in [7, 11) is 0. The van der Waals surface area contributed by atoms with Crippen LogP contribution in [-0.2, 0) is 6.42 Å². The molecule has 0 aliphatic rings. The Kier molecular flexibility index (Phi) is 4.14. The number of hydrogen-bond acceptors (Lipinski definition) is 2. The zero-order valence-corrected chi connectivity index (χ0v) is 14.4. The van der Waals surface area contributed by atoms with Crippen LogP contribution in [0.3, 0.4) is 0 Å². The molecule has 0 aliphatic carbocycles. The van der Waals surface area contributed by atoms with Crippen molar-refractivity contribution < 1.29 is 4.42 Å². The molecule has 1 heterocycles. The van der Waals surface area contributed by atoms with Gasteiger partial charge < -0.3 is 10.2 Å². The lowest BCUT2D eigenvalue weighted by molar-refractivity contribution is 0.493. The SMILES string of the molecule is NC(Cc1ccc(I)cc1)c1cc2cccc(Br)c2o1. The van der Waals surface area contributed by atoms with Crippen molar-refractivity contribution in [3.8, 4) is 0 Å². The van der Waals surface area contributed by atoms with Crippen LogP contribution in [0.25, 0.3) is 11.0 Å². The number of furan rings is 1. The van der Waals surface area contributed by atoms with Gasteiger partial charge >= 0.3 is 0 Å². The number of benzene rings is 2. The van der Waals surface area contributed by atoms with Crippen molar-refractivity contribution in [1.82, 2.24) is 0 Å². The van der Waals surface area contributed by atoms with E-state index in [1.54, 1.807) is 0 Å². The zero-order valence-electron chi connectivity index (χ0n) is 10.6. The van der Waals surface area contributed by atoms with Gasteiger partial charge in [0.05, 0.1) is 10.5 Å². The molecule has 1 unspecified atom stereocenters. The molecule has 0 fully saturated rings. The van der Waals surface area contributed by atoms with Gasteiger partial charge in [0.25, 0.3) is 0 Å². The highest BCUT2D eigenvalue weighted by Gasteiger charge is 2.14. The second-order valence-electron chi connectivity index (χ2n) is 4.74. The van der Waals surface area contributed by atoms with Crippen LogP contribution in [0.15, 0.2) is 57.4 Å². The Bertz CT molecular complexity index is 736. The van der Waals surface area contributed by atoms with Crippen LogP contribution >= 0.6 is 38.5 Å². The number of para-hydroxylation sites is 1. The molecule has 3 aromatic rings. The number of nitrogens with two attached hydrogens (primary N) is 1. The van der Waals surface area contributed by atoms with Crippen molar-refractivity contribution in [3.63, 3.8) is 0 Å². The van der Waals surface area contributed by atoms with Crippen molar-refractivity contribution in [2.24, 2.45) is 5.73 Å². The molecule has 102 valence electrons. The van der Waals surface area contributed by atoms with E-state index in [-0.39, 0.29) is 6.04 Å². The monoisotopic (exact) mass is 441 g/mol. The first-order valence-electron chi connectivity index (χ1n) is 6.31. The molecule has 3 rings (SSSR count). The summed E-state index contributed by atoms with van der Waals surface area (Å²) in [5.74, 6) is 0.824. The highest BCUT2D eigenvalue weighted by atomic mass is 127. The summed E-state index contributed by atoms with van der Waals surface area (Å²) in [6.45, 7) is 0. The summed E-state index contributed by atoms with van der Waals surface area (Å²) in [5, 5.41) is 1.08. The molecule has 2 N–H and O–H groups in total. The summed E-state index contributed by atoms with van der Waals surface area (Å²) in [6, 6.07) is 16.3. The molecular formula is C16H13BrINO. The van der Waals surface area contributed by atoms with Gasteiger partial charge in [0, 0.05) is 8.96 Å². The summed E-state index contributed by atoms with van der Waals surface area (Å²) in [4.78, 5) is 0. The highest BCUT2D eigenvalue weighted by molar-refractivity contribution is 14.1. The van der Waals surface area contributed by atoms with Crippen molar-refractivity contribution >= 4 is 49.5 Å². The normalized spacial score (nSPS) is 12.8. The number of rotatable bonds is 3. The van der Waals surface area contributed by atoms with Crippen LogP contribution in [0, 0.1) is 3.57 Å². The van der Waals surface area contributed by atoms with Gasteiger partial charge in [-0.2, -0.15) is 0 Å². The van der Waals surface area contributed by atoms with E-state index < -0.39 is 0 Å². The molecule has 2 aromatic carbocycles. The topological polar surface area (TPSA) is 39.2 Å². The molecule has 0 saturated heterocycles. The van der Waals surface area contributed by atoms with E-state index in [2.05, 4.69) is 62.8 Å². The number of hydrogen-bond donors (Lipinski definition) is 1. The van der Waals surface area contributed by atoms with E-state index in [0.29, 0.717) is 0 Å². The van der Waals surface area contributed by atoms with Crippen LogP contribution in [0.4, 0.5) is 0 Å². The average Bonchev–Trinajstić information content (AvgIpc) is 2.87. The first-order valence-corrected chi connectivity index (χ1v) is 8.18. The fourth-order valence-corrected chi connectivity index (χ4v) is 3.03. The van der Waals surface area contributed by atoms with Crippen LogP contribution in [0.2, 0.25) is 0 Å². The zero-order chi connectivity index (χ0) is 14.1. The van der Waals surface area contributed by atoms with Gasteiger partial charge in [-0.05, 0) is 74.8 Å². The van der Waals surface area contributed by atoms with Gasteiger partial charge in [-0.1, -0.05) is 24.3 Å². The second-order valence-corrected chi connectivity index (χ2v) is 6.84. The number of halogens is 2. The molecule has 0 bridgehead atoms. The molecule has 0 radical (unpaired) electrons. The largest absolute Gasteiger partial charge is 0.458 e. The van der Waals surface area contributed by atoms with Crippen LogP contribution in [0.1, 0.15) is 17.4 Å². The fraction of sp³-hybridized carbons (Fsp3) is 0.125. The first-order chi connectivity index (χ1) is 9.63. The van der Waals surface area contributed by atoms with Gasteiger partial charge in [0.15, 0.2) is 0 Å². The quantitative estimate of drug-likeness (QED) is 0.578. The lowest BCUT2D eigenvalue weighted by Gasteiger charge is -2.08. The van der Waals surface area contributed by atoms with E-state index in [1.165, 1.54) is 9.13 Å². The third kappa shape index (κ3) is 2.92. The van der Waals surface area contributed by atoms with Gasteiger partial charge in [-0.3, -0.25) is 0 Å². The predicted molar refractivity (Wildman–Crippen MR) is 93.7 cm³/mol. The standard InChI is InChI=1S/C16H13BrINO/c17-13-3-1-2-11-9-15(20-16(11)13)14(19)8-10-4-6-12(18)7-5-10/h1-7,9,14H,8,19H2. The summed E-state index contributed by atoms with van der Waals surface area (Å²) >= 11 is 5.80. The van der Waals surface area contributed by atoms with Crippen molar-refractivity contribution in [3.05, 3.63) is 67.9 Å². The molecule has 1 atom stereocenters. The Morgan fingerprint density at radius 1 is 1.15 bits per heavy atom. The molecule has 4 heteroatoms. The van der Waals surface area contributed by atoms with E-state index in [9.17, 15) is 0 Å². The molecule has 0 saturated carbocycles. The van der Waals surface area contributed by atoms with Gasteiger partial charge in [0.2, 0.25) is 0 Å². The molecule has 0 amide bonds. The van der Waals surface area contributed by atoms with Crippen molar-refractivity contribution in [1.29, 1.82) is 0 Å². The molecular weight excluding hydrogens is 429 g/mol. The summed E-state index contributed by atoms with van der Waals surface area (Å²) in [6.07, 6.45) is 0.772. The number of fused-ring (bicyclic) bond motifs is 1. The average molecular weight is 442 g/mol. The molecule has 0 spiro atoms. The first kappa shape index (κ1) is 14.1. The van der Waals surface area contributed by atoms with E-state index in [1.807, 2.05) is 24.3 Å². The minimum atomic E-state index is -0.130. The van der Waals surface area contributed by atoms with Crippen LogP contribution in [0.5, 0.6) is 0 Å². The second kappa shape index (κ2) is 5.87. The Hall–Kier alpha value is -0.850. The Balaban J connectivity index is 1.86. The maximum atomic E-state index is 6.27. The predicted octanol–water partition coefficient (Wildman–Crippen LogP) is 5.04. The third-order valence-corrected chi connectivity index (χ3v) is 4.59. The van der Waals surface area contributed by atoms with E-state index >= 15 is 0 Å². The van der Waals surface area contributed by atoms with Crippen molar-refractivity contribution in [2.75, 3.05) is 0 Å². The highest BCUT2D eigenvalue weighted by Crippen LogP contribution is 2.30. The van der Waals surface area contributed by atoms with Crippen LogP contribution < -0.4 is 5.73 Å². The Labute approximate surface area is 139 Å².